The van der Waals surface area contributed by atoms with Crippen molar-refractivity contribution in [2.45, 2.75) is 6.04 Å². The minimum absolute atomic E-state index is 0.346. The van der Waals surface area contributed by atoms with Crippen LogP contribution in [0.25, 0.3) is 0 Å². The lowest BCUT2D eigenvalue weighted by Crippen LogP contribution is -2.27. The van der Waals surface area contributed by atoms with Gasteiger partial charge in [-0.3, -0.25) is 4.79 Å². The zero-order valence-corrected chi connectivity index (χ0v) is 9.58. The minimum Gasteiger partial charge on any atom is -0.323 e. The van der Waals surface area contributed by atoms with E-state index in [1.54, 1.807) is 6.07 Å². The Kier molecular flexibility index (Phi) is 3.46. The van der Waals surface area contributed by atoms with Gasteiger partial charge < -0.3 is 11.1 Å². The molecule has 3 N–H and O–H groups in total. The minimum atomic E-state index is -0.722. The van der Waals surface area contributed by atoms with Gasteiger partial charge in [-0.25, -0.2) is 4.98 Å². The van der Waals surface area contributed by atoms with Gasteiger partial charge in [0.05, 0.1) is 11.9 Å². The predicted molar refractivity (Wildman–Crippen MR) is 64.1 cm³/mol. The first-order valence-corrected chi connectivity index (χ1v) is 5.76. The summed E-state index contributed by atoms with van der Waals surface area (Å²) in [5.41, 5.74) is 6.18. The molecule has 2 rings (SSSR count). The number of halogens is 1. The second kappa shape index (κ2) is 5.03. The van der Waals surface area contributed by atoms with Gasteiger partial charge in [0.1, 0.15) is 6.04 Å². The maximum Gasteiger partial charge on any atom is 0.246 e. The van der Waals surface area contributed by atoms with Crippen LogP contribution in [0.5, 0.6) is 0 Å². The Morgan fingerprint density at radius 3 is 2.88 bits per heavy atom. The molecule has 2 heterocycles. The van der Waals surface area contributed by atoms with E-state index < -0.39 is 12.0 Å². The van der Waals surface area contributed by atoms with E-state index in [0.717, 1.165) is 4.88 Å². The first-order valence-electron chi connectivity index (χ1n) is 4.88. The summed E-state index contributed by atoms with van der Waals surface area (Å²) in [6, 6.07) is 5.50. The number of carbonyl (C=O) groups excluding carboxylic acids is 1. The van der Waals surface area contributed by atoms with Gasteiger partial charge in [-0.05, 0) is 23.6 Å². The Bertz CT molecular complexity index is 498. The highest BCUT2D eigenvalue weighted by atomic mass is 32.1. The van der Waals surface area contributed by atoms with Crippen LogP contribution >= 0.6 is 11.3 Å². The number of nitrogens with two attached hydrogens (primary N) is 1. The fraction of sp³-hybridized carbons (Fsp3) is 0.0909. The maximum atomic E-state index is 12.6. The van der Waals surface area contributed by atoms with E-state index >= 15 is 0 Å². The molecule has 1 atom stereocenters. The van der Waals surface area contributed by atoms with Crippen molar-refractivity contribution in [3.63, 3.8) is 0 Å². The molecule has 0 bridgehead atoms. The van der Waals surface area contributed by atoms with Gasteiger partial charge in [0.25, 0.3) is 0 Å². The molecule has 1 unspecified atom stereocenters. The Labute approximate surface area is 101 Å². The van der Waals surface area contributed by atoms with Crippen LogP contribution in [-0.4, -0.2) is 10.9 Å². The Balaban J connectivity index is 2.04. The van der Waals surface area contributed by atoms with Crippen LogP contribution in [0.2, 0.25) is 0 Å². The lowest BCUT2D eigenvalue weighted by molar-refractivity contribution is -0.117. The Hall–Kier alpha value is -1.79. The van der Waals surface area contributed by atoms with Gasteiger partial charge >= 0.3 is 0 Å². The molecule has 2 aromatic rings. The van der Waals surface area contributed by atoms with Crippen LogP contribution in [0.15, 0.2) is 35.8 Å². The van der Waals surface area contributed by atoms with Gasteiger partial charge in [-0.1, -0.05) is 6.07 Å². The molecule has 2 aromatic heterocycles. The fourth-order valence-corrected chi connectivity index (χ4v) is 1.99. The van der Waals surface area contributed by atoms with Crippen molar-refractivity contribution in [2.75, 3.05) is 5.32 Å². The Morgan fingerprint density at radius 2 is 2.29 bits per heavy atom. The van der Waals surface area contributed by atoms with Crippen LogP contribution in [0.1, 0.15) is 10.9 Å². The molecular formula is C11H10FN3OS. The molecule has 0 saturated carbocycles. The normalized spacial score (nSPS) is 12.1. The first kappa shape index (κ1) is 11.7. The number of nitrogens with one attached hydrogen (secondary N) is 1. The van der Waals surface area contributed by atoms with Crippen molar-refractivity contribution in [1.29, 1.82) is 0 Å². The average Bonchev–Trinajstić information content (AvgIpc) is 2.84. The topological polar surface area (TPSA) is 68.0 Å². The van der Waals surface area contributed by atoms with Gasteiger partial charge in [-0.2, -0.15) is 4.39 Å². The summed E-state index contributed by atoms with van der Waals surface area (Å²) < 4.78 is 12.6. The van der Waals surface area contributed by atoms with Crippen molar-refractivity contribution >= 4 is 22.9 Å². The summed E-state index contributed by atoms with van der Waals surface area (Å²) in [5, 5.41) is 4.42. The number of carbonyl (C=O) groups is 1. The first-order chi connectivity index (χ1) is 8.16. The van der Waals surface area contributed by atoms with Gasteiger partial charge in [-0.15, -0.1) is 11.3 Å². The zero-order chi connectivity index (χ0) is 12.3. The standard InChI is InChI=1S/C11H10FN3OS/c12-9-4-3-7(6-14-9)15-11(16)10(13)8-2-1-5-17-8/h1-6,10H,13H2,(H,15,16). The molecule has 6 heteroatoms. The summed E-state index contributed by atoms with van der Waals surface area (Å²) >= 11 is 1.41. The highest BCUT2D eigenvalue weighted by Gasteiger charge is 2.16. The molecule has 17 heavy (non-hydrogen) atoms. The quantitative estimate of drug-likeness (QED) is 0.819. The highest BCUT2D eigenvalue weighted by molar-refractivity contribution is 7.10. The molecule has 0 fully saturated rings. The highest BCUT2D eigenvalue weighted by Crippen LogP contribution is 2.18. The van der Waals surface area contributed by atoms with E-state index in [9.17, 15) is 9.18 Å². The smallest absolute Gasteiger partial charge is 0.246 e. The third kappa shape index (κ3) is 2.86. The second-order valence-electron chi connectivity index (χ2n) is 3.35. The van der Waals surface area contributed by atoms with Crippen molar-refractivity contribution in [1.82, 2.24) is 4.98 Å². The monoisotopic (exact) mass is 251 g/mol. The Morgan fingerprint density at radius 1 is 1.47 bits per heavy atom. The number of thiophene rings is 1. The molecule has 0 aliphatic rings. The number of amides is 1. The molecule has 0 spiro atoms. The molecule has 1 amide bonds. The number of nitrogens with zero attached hydrogens (tertiary/aromatic N) is 1. The average molecular weight is 251 g/mol. The summed E-state index contributed by atoms with van der Waals surface area (Å²) in [5.74, 6) is -0.939. The van der Waals surface area contributed by atoms with E-state index in [4.69, 9.17) is 5.73 Å². The van der Waals surface area contributed by atoms with E-state index in [1.165, 1.54) is 29.7 Å². The summed E-state index contributed by atoms with van der Waals surface area (Å²) in [6.45, 7) is 0. The van der Waals surface area contributed by atoms with E-state index in [2.05, 4.69) is 10.3 Å². The molecule has 88 valence electrons. The van der Waals surface area contributed by atoms with Crippen molar-refractivity contribution in [3.8, 4) is 0 Å². The zero-order valence-electron chi connectivity index (χ0n) is 8.76. The van der Waals surface area contributed by atoms with E-state index in [-0.39, 0.29) is 5.91 Å². The molecule has 0 saturated heterocycles. The third-order valence-corrected chi connectivity index (χ3v) is 3.08. The number of rotatable bonds is 3. The lowest BCUT2D eigenvalue weighted by atomic mass is 10.2. The molecule has 0 aliphatic heterocycles. The van der Waals surface area contributed by atoms with Crippen molar-refractivity contribution in [2.24, 2.45) is 5.73 Å². The number of hydrogen-bond donors (Lipinski definition) is 2. The molecule has 0 radical (unpaired) electrons. The molecule has 0 aliphatic carbocycles. The summed E-state index contributed by atoms with van der Waals surface area (Å²) in [4.78, 5) is 16.0. The largest absolute Gasteiger partial charge is 0.323 e. The number of aromatic nitrogens is 1. The van der Waals surface area contributed by atoms with E-state index in [0.29, 0.717) is 5.69 Å². The summed E-state index contributed by atoms with van der Waals surface area (Å²) in [6.07, 6.45) is 1.24. The second-order valence-corrected chi connectivity index (χ2v) is 4.33. The van der Waals surface area contributed by atoms with Crippen LogP contribution in [-0.2, 0) is 4.79 Å². The summed E-state index contributed by atoms with van der Waals surface area (Å²) in [7, 11) is 0. The molecule has 4 nitrogen and oxygen atoms in total. The molecular weight excluding hydrogens is 241 g/mol. The van der Waals surface area contributed by atoms with Crippen LogP contribution < -0.4 is 11.1 Å². The lowest BCUT2D eigenvalue weighted by Gasteiger charge is -2.10. The van der Waals surface area contributed by atoms with Crippen molar-refractivity contribution in [3.05, 3.63) is 46.7 Å². The predicted octanol–water partition coefficient (Wildman–Crippen LogP) is 1.92. The number of anilines is 1. The maximum absolute atomic E-state index is 12.6. The third-order valence-electron chi connectivity index (χ3n) is 2.13. The fourth-order valence-electron chi connectivity index (χ4n) is 1.27. The number of pyridine rings is 1. The van der Waals surface area contributed by atoms with Gasteiger partial charge in [0.2, 0.25) is 11.9 Å². The number of hydrogen-bond acceptors (Lipinski definition) is 4. The van der Waals surface area contributed by atoms with Crippen molar-refractivity contribution < 1.29 is 9.18 Å². The van der Waals surface area contributed by atoms with Gasteiger partial charge in [0, 0.05) is 4.88 Å². The molecule has 0 aromatic carbocycles. The van der Waals surface area contributed by atoms with Gasteiger partial charge in [0.15, 0.2) is 0 Å². The van der Waals surface area contributed by atoms with Crippen LogP contribution in [0.4, 0.5) is 10.1 Å². The van der Waals surface area contributed by atoms with E-state index in [1.807, 2.05) is 11.4 Å². The van der Waals surface area contributed by atoms with Crippen LogP contribution in [0, 0.1) is 5.95 Å². The SMILES string of the molecule is NC(C(=O)Nc1ccc(F)nc1)c1cccs1. The van der Waals surface area contributed by atoms with Crippen LogP contribution in [0.3, 0.4) is 0 Å².